The molecule has 0 spiro atoms. The summed E-state index contributed by atoms with van der Waals surface area (Å²) in [6.45, 7) is 1.48. The molecule has 0 aliphatic carbocycles. The van der Waals surface area contributed by atoms with Crippen molar-refractivity contribution in [1.29, 1.82) is 0 Å². The zero-order valence-electron chi connectivity index (χ0n) is 14.2. The second kappa shape index (κ2) is 7.49. The zero-order chi connectivity index (χ0) is 18.7. The first-order chi connectivity index (χ1) is 12.4. The van der Waals surface area contributed by atoms with Gasteiger partial charge in [-0.3, -0.25) is 9.59 Å². The molecule has 1 aromatic heterocycles. The molecule has 134 valence electrons. The van der Waals surface area contributed by atoms with Crippen LogP contribution in [0.3, 0.4) is 0 Å². The third-order valence-corrected chi connectivity index (χ3v) is 4.67. The Morgan fingerprint density at radius 2 is 1.85 bits per heavy atom. The second-order valence-corrected chi connectivity index (χ2v) is 6.76. The van der Waals surface area contributed by atoms with E-state index in [0.717, 1.165) is 4.70 Å². The minimum absolute atomic E-state index is 0.0613. The molecule has 0 bridgehead atoms. The molecule has 0 aliphatic rings. The van der Waals surface area contributed by atoms with Crippen molar-refractivity contribution in [3.63, 3.8) is 0 Å². The van der Waals surface area contributed by atoms with Gasteiger partial charge in [0.1, 0.15) is 11.3 Å². The molecule has 0 unspecified atom stereocenters. The van der Waals surface area contributed by atoms with Crippen LogP contribution in [0.25, 0.3) is 10.2 Å². The number of carbonyl (C=O) groups is 2. The van der Waals surface area contributed by atoms with Gasteiger partial charge in [0.2, 0.25) is 11.8 Å². The maximum atomic E-state index is 13.8. The van der Waals surface area contributed by atoms with E-state index in [-0.39, 0.29) is 24.2 Å². The predicted molar refractivity (Wildman–Crippen MR) is 102 cm³/mol. The van der Waals surface area contributed by atoms with Crippen molar-refractivity contribution in [2.45, 2.75) is 6.92 Å². The number of anilines is 3. The predicted octanol–water partition coefficient (Wildman–Crippen LogP) is 3.47. The van der Waals surface area contributed by atoms with Crippen LogP contribution in [0.5, 0.6) is 0 Å². The van der Waals surface area contributed by atoms with Gasteiger partial charge in [-0.2, -0.15) is 0 Å². The number of hydrogen-bond acceptors (Lipinski definition) is 5. The molecule has 6 nitrogen and oxygen atoms in total. The zero-order valence-corrected chi connectivity index (χ0v) is 15.1. The fourth-order valence-electron chi connectivity index (χ4n) is 2.43. The topological polar surface area (TPSA) is 74.3 Å². The summed E-state index contributed by atoms with van der Waals surface area (Å²) in [5, 5.41) is 6.00. The van der Waals surface area contributed by atoms with Crippen molar-refractivity contribution >= 4 is 49.9 Å². The molecule has 3 aromatic rings. The number of thiazole rings is 1. The number of nitrogens with zero attached hydrogens (tertiary/aromatic N) is 2. The van der Waals surface area contributed by atoms with Gasteiger partial charge in [0.25, 0.3) is 0 Å². The normalized spacial score (nSPS) is 10.6. The van der Waals surface area contributed by atoms with E-state index in [1.54, 1.807) is 48.3 Å². The van der Waals surface area contributed by atoms with Gasteiger partial charge in [-0.25, -0.2) is 9.37 Å². The lowest BCUT2D eigenvalue weighted by Crippen LogP contribution is -2.30. The molecule has 0 atom stereocenters. The second-order valence-electron chi connectivity index (χ2n) is 5.75. The van der Waals surface area contributed by atoms with Crippen LogP contribution in [0.2, 0.25) is 0 Å². The van der Waals surface area contributed by atoms with Gasteiger partial charge in [-0.05, 0) is 30.3 Å². The summed E-state index contributed by atoms with van der Waals surface area (Å²) in [4.78, 5) is 29.3. The van der Waals surface area contributed by atoms with Crippen LogP contribution in [0.1, 0.15) is 6.92 Å². The van der Waals surface area contributed by atoms with Crippen LogP contribution in [0.4, 0.5) is 20.9 Å². The highest BCUT2D eigenvalue weighted by molar-refractivity contribution is 7.22. The smallest absolute Gasteiger partial charge is 0.243 e. The number of likely N-dealkylation sites (N-methyl/N-ethyl adjacent to an activating group) is 1. The number of rotatable bonds is 5. The minimum Gasteiger partial charge on any atom is -0.342 e. The average molecular weight is 372 g/mol. The largest absolute Gasteiger partial charge is 0.342 e. The monoisotopic (exact) mass is 372 g/mol. The highest BCUT2D eigenvalue weighted by Crippen LogP contribution is 2.29. The summed E-state index contributed by atoms with van der Waals surface area (Å²) in [6.07, 6.45) is 0. The Morgan fingerprint density at radius 3 is 2.54 bits per heavy atom. The molecule has 2 N–H and O–H groups in total. The molecule has 0 saturated heterocycles. The number of nitrogens with one attached hydrogen (secondary N) is 2. The Bertz CT molecular complexity index is 973. The third-order valence-electron chi connectivity index (χ3n) is 3.53. The SMILES string of the molecule is CC(=O)Nc1cccc(NC(=O)CN(C)c2nc3c(F)cccc3s2)c1. The summed E-state index contributed by atoms with van der Waals surface area (Å²) in [6, 6.07) is 11.7. The first-order valence-corrected chi connectivity index (χ1v) is 8.68. The van der Waals surface area contributed by atoms with E-state index in [9.17, 15) is 14.0 Å². The van der Waals surface area contributed by atoms with Crippen molar-refractivity contribution in [2.75, 3.05) is 29.1 Å². The van der Waals surface area contributed by atoms with Crippen LogP contribution in [0.15, 0.2) is 42.5 Å². The molecular weight excluding hydrogens is 355 g/mol. The molecule has 0 fully saturated rings. The van der Waals surface area contributed by atoms with Crippen molar-refractivity contribution in [1.82, 2.24) is 4.98 Å². The summed E-state index contributed by atoms with van der Waals surface area (Å²) in [5.41, 5.74) is 1.48. The van der Waals surface area contributed by atoms with E-state index in [1.165, 1.54) is 24.3 Å². The summed E-state index contributed by atoms with van der Waals surface area (Å²) in [7, 11) is 1.73. The van der Waals surface area contributed by atoms with Crippen LogP contribution < -0.4 is 15.5 Å². The minimum atomic E-state index is -0.377. The van der Waals surface area contributed by atoms with Crippen molar-refractivity contribution in [3.05, 3.63) is 48.3 Å². The first kappa shape index (κ1) is 17.8. The van der Waals surface area contributed by atoms with Crippen LogP contribution >= 0.6 is 11.3 Å². The van der Waals surface area contributed by atoms with E-state index in [4.69, 9.17) is 0 Å². The van der Waals surface area contributed by atoms with Crippen LogP contribution in [-0.4, -0.2) is 30.4 Å². The lowest BCUT2D eigenvalue weighted by atomic mass is 10.2. The van der Waals surface area contributed by atoms with E-state index >= 15 is 0 Å². The molecule has 0 aliphatic heterocycles. The number of para-hydroxylation sites is 1. The molecule has 0 saturated carbocycles. The average Bonchev–Trinajstić information content (AvgIpc) is 3.00. The van der Waals surface area contributed by atoms with E-state index in [2.05, 4.69) is 15.6 Å². The molecule has 2 amide bonds. The maximum Gasteiger partial charge on any atom is 0.243 e. The molecule has 8 heteroatoms. The fraction of sp³-hybridized carbons (Fsp3) is 0.167. The highest BCUT2D eigenvalue weighted by atomic mass is 32.1. The number of halogens is 1. The Kier molecular flexibility index (Phi) is 5.13. The van der Waals surface area contributed by atoms with Crippen molar-refractivity contribution < 1.29 is 14.0 Å². The maximum absolute atomic E-state index is 13.8. The van der Waals surface area contributed by atoms with Crippen LogP contribution in [-0.2, 0) is 9.59 Å². The number of carbonyl (C=O) groups excluding carboxylic acids is 2. The van der Waals surface area contributed by atoms with E-state index in [1.807, 2.05) is 0 Å². The molecular formula is C18H17FN4O2S. The highest BCUT2D eigenvalue weighted by Gasteiger charge is 2.14. The number of hydrogen-bond donors (Lipinski definition) is 2. The van der Waals surface area contributed by atoms with Gasteiger partial charge in [-0.1, -0.05) is 23.5 Å². The summed E-state index contributed by atoms with van der Waals surface area (Å²) < 4.78 is 14.5. The lowest BCUT2D eigenvalue weighted by Gasteiger charge is -2.15. The Balaban J connectivity index is 1.67. The number of amides is 2. The molecule has 2 aromatic carbocycles. The number of fused-ring (bicyclic) bond motifs is 1. The van der Waals surface area contributed by atoms with Gasteiger partial charge in [-0.15, -0.1) is 0 Å². The number of benzene rings is 2. The van der Waals surface area contributed by atoms with Gasteiger partial charge in [0.05, 0.1) is 11.2 Å². The number of aromatic nitrogens is 1. The molecule has 0 radical (unpaired) electrons. The quantitative estimate of drug-likeness (QED) is 0.719. The van der Waals surface area contributed by atoms with Crippen molar-refractivity contribution in [3.8, 4) is 0 Å². The summed E-state index contributed by atoms with van der Waals surface area (Å²) >= 11 is 1.32. The Morgan fingerprint density at radius 1 is 1.15 bits per heavy atom. The van der Waals surface area contributed by atoms with E-state index in [0.29, 0.717) is 22.0 Å². The van der Waals surface area contributed by atoms with Crippen molar-refractivity contribution in [2.24, 2.45) is 0 Å². The first-order valence-electron chi connectivity index (χ1n) is 7.86. The van der Waals surface area contributed by atoms with Gasteiger partial charge < -0.3 is 15.5 Å². The standard InChI is InChI=1S/C18H17FN4O2S/c1-11(24)20-12-5-3-6-13(9-12)21-16(25)10-23(2)18-22-17-14(19)7-4-8-15(17)26-18/h3-9H,10H2,1-2H3,(H,20,24)(H,21,25). The fourth-order valence-corrected chi connectivity index (χ4v) is 3.37. The molecule has 1 heterocycles. The third kappa shape index (κ3) is 4.15. The Hall–Kier alpha value is -3.00. The lowest BCUT2D eigenvalue weighted by molar-refractivity contribution is -0.115. The van der Waals surface area contributed by atoms with Gasteiger partial charge in [0.15, 0.2) is 5.13 Å². The van der Waals surface area contributed by atoms with E-state index < -0.39 is 0 Å². The Labute approximate surface area is 153 Å². The van der Waals surface area contributed by atoms with Gasteiger partial charge >= 0.3 is 0 Å². The molecule has 26 heavy (non-hydrogen) atoms. The van der Waals surface area contributed by atoms with Gasteiger partial charge in [0, 0.05) is 25.3 Å². The summed E-state index contributed by atoms with van der Waals surface area (Å²) in [5.74, 6) is -0.805. The molecule has 3 rings (SSSR count). The van der Waals surface area contributed by atoms with Crippen LogP contribution in [0, 0.1) is 5.82 Å².